The van der Waals surface area contributed by atoms with Gasteiger partial charge in [0.1, 0.15) is 6.10 Å². The maximum absolute atomic E-state index is 13.1. The Balaban J connectivity index is 1.79. The molecule has 3 rings (SSSR count). The molecule has 1 unspecified atom stereocenters. The minimum Gasteiger partial charge on any atom is -0.458 e. The molecule has 1 aromatic heterocycles. The van der Waals surface area contributed by atoms with E-state index >= 15 is 0 Å². The van der Waals surface area contributed by atoms with E-state index in [1.807, 2.05) is 6.92 Å². The van der Waals surface area contributed by atoms with Crippen LogP contribution < -0.4 is 4.74 Å². The van der Waals surface area contributed by atoms with Gasteiger partial charge in [-0.2, -0.15) is 26.3 Å². The molecule has 1 aromatic carbocycles. The molecule has 0 spiro atoms. The highest BCUT2D eigenvalue weighted by molar-refractivity contribution is 5.94. The van der Waals surface area contributed by atoms with Crippen molar-refractivity contribution >= 4 is 5.91 Å². The minimum absolute atomic E-state index is 0.00377. The number of piperidine rings is 1. The number of amides is 1. The third-order valence-electron chi connectivity index (χ3n) is 4.86. The standard InChI is InChI=1S/C20H19F6N3O2/c1-2-12-9-27-18(28-10-12)31-16-4-3-5-29(11-16)17(30)13-6-14(19(21,22)23)8-15(7-13)20(24,25)26/h6-10,16H,2-5,11H2,1H3. The molecule has 0 N–H and O–H groups in total. The van der Waals surface area contributed by atoms with Crippen LogP contribution in [0.25, 0.3) is 0 Å². The average molecular weight is 447 g/mol. The van der Waals surface area contributed by atoms with Crippen LogP contribution in [-0.2, 0) is 18.8 Å². The first-order chi connectivity index (χ1) is 14.5. The molecule has 2 aromatic rings. The highest BCUT2D eigenvalue weighted by atomic mass is 19.4. The van der Waals surface area contributed by atoms with Crippen molar-refractivity contribution in [1.82, 2.24) is 14.9 Å². The maximum Gasteiger partial charge on any atom is 0.416 e. The lowest BCUT2D eigenvalue weighted by Gasteiger charge is -2.32. The van der Waals surface area contributed by atoms with E-state index in [0.29, 0.717) is 25.0 Å². The van der Waals surface area contributed by atoms with E-state index in [2.05, 4.69) is 9.97 Å². The lowest BCUT2D eigenvalue weighted by Crippen LogP contribution is -2.44. The number of nitrogens with zero attached hydrogens (tertiary/aromatic N) is 3. The number of likely N-dealkylation sites (tertiary alicyclic amines) is 1. The summed E-state index contributed by atoms with van der Waals surface area (Å²) in [6, 6.07) is 0.967. The topological polar surface area (TPSA) is 55.3 Å². The van der Waals surface area contributed by atoms with Crippen LogP contribution >= 0.6 is 0 Å². The maximum atomic E-state index is 13.1. The Kier molecular flexibility index (Phi) is 6.42. The minimum atomic E-state index is -5.02. The molecule has 1 saturated heterocycles. The summed E-state index contributed by atoms with van der Waals surface area (Å²) in [6.07, 6.45) is -5.64. The van der Waals surface area contributed by atoms with Gasteiger partial charge in [-0.25, -0.2) is 9.97 Å². The van der Waals surface area contributed by atoms with Gasteiger partial charge >= 0.3 is 18.4 Å². The van der Waals surface area contributed by atoms with Crippen LogP contribution in [0.15, 0.2) is 30.6 Å². The van der Waals surface area contributed by atoms with Gasteiger partial charge in [-0.1, -0.05) is 6.92 Å². The number of benzene rings is 1. The molecule has 0 bridgehead atoms. The van der Waals surface area contributed by atoms with Crippen LogP contribution in [0, 0.1) is 0 Å². The fourth-order valence-corrected chi connectivity index (χ4v) is 3.22. The van der Waals surface area contributed by atoms with Gasteiger partial charge in [0.15, 0.2) is 0 Å². The Hall–Kier alpha value is -2.85. The Bertz CT molecular complexity index is 896. The van der Waals surface area contributed by atoms with Crippen molar-refractivity contribution in [3.63, 3.8) is 0 Å². The predicted octanol–water partition coefficient (Wildman–Crippen LogP) is 4.76. The summed E-state index contributed by atoms with van der Waals surface area (Å²) in [5, 5.41) is 0. The molecule has 31 heavy (non-hydrogen) atoms. The highest BCUT2D eigenvalue weighted by Crippen LogP contribution is 2.36. The van der Waals surface area contributed by atoms with Crippen molar-refractivity contribution in [2.24, 2.45) is 0 Å². The molecule has 0 saturated carbocycles. The monoisotopic (exact) mass is 447 g/mol. The predicted molar refractivity (Wildman–Crippen MR) is 97.4 cm³/mol. The molecule has 1 fully saturated rings. The van der Waals surface area contributed by atoms with Crippen LogP contribution in [0.5, 0.6) is 6.01 Å². The number of carbonyl (C=O) groups is 1. The normalized spacial score (nSPS) is 17.5. The zero-order valence-corrected chi connectivity index (χ0v) is 16.4. The van der Waals surface area contributed by atoms with Crippen LogP contribution in [-0.4, -0.2) is 40.0 Å². The summed E-state index contributed by atoms with van der Waals surface area (Å²) in [5.41, 5.74) is -2.83. The second kappa shape index (κ2) is 8.72. The summed E-state index contributed by atoms with van der Waals surface area (Å²) >= 11 is 0. The quantitative estimate of drug-likeness (QED) is 0.635. The Morgan fingerprint density at radius 1 is 1.06 bits per heavy atom. The van der Waals surface area contributed by atoms with Gasteiger partial charge in [-0.15, -0.1) is 0 Å². The van der Waals surface area contributed by atoms with Gasteiger partial charge in [0.05, 0.1) is 17.7 Å². The van der Waals surface area contributed by atoms with Crippen LogP contribution in [0.4, 0.5) is 26.3 Å². The van der Waals surface area contributed by atoms with Crippen LogP contribution in [0.2, 0.25) is 0 Å². The number of alkyl halides is 6. The van der Waals surface area contributed by atoms with Gasteiger partial charge in [0.2, 0.25) is 0 Å². The number of hydrogen-bond acceptors (Lipinski definition) is 4. The number of aryl methyl sites for hydroxylation is 1. The lowest BCUT2D eigenvalue weighted by atomic mass is 10.0. The summed E-state index contributed by atoms with van der Waals surface area (Å²) in [4.78, 5) is 22.1. The molecular formula is C20H19F6N3O2. The van der Waals surface area contributed by atoms with Crippen molar-refractivity contribution in [2.45, 2.75) is 44.6 Å². The second-order valence-electron chi connectivity index (χ2n) is 7.16. The Morgan fingerprint density at radius 3 is 2.16 bits per heavy atom. The number of hydrogen-bond donors (Lipinski definition) is 0. The molecule has 0 radical (unpaired) electrons. The number of halogens is 6. The van der Waals surface area contributed by atoms with Gasteiger partial charge < -0.3 is 9.64 Å². The van der Waals surface area contributed by atoms with Gasteiger partial charge in [-0.3, -0.25) is 4.79 Å². The first-order valence-corrected chi connectivity index (χ1v) is 9.53. The summed E-state index contributed by atoms with van der Waals surface area (Å²) in [6.45, 7) is 2.11. The van der Waals surface area contributed by atoms with Crippen LogP contribution in [0.3, 0.4) is 0 Å². The number of ether oxygens (including phenoxy) is 1. The van der Waals surface area contributed by atoms with Crippen molar-refractivity contribution in [3.05, 3.63) is 52.8 Å². The molecule has 1 aliphatic heterocycles. The molecule has 2 heterocycles. The fraction of sp³-hybridized carbons (Fsp3) is 0.450. The number of rotatable bonds is 4. The third-order valence-corrected chi connectivity index (χ3v) is 4.86. The van der Waals surface area contributed by atoms with Crippen molar-refractivity contribution in [3.8, 4) is 6.01 Å². The van der Waals surface area contributed by atoms with Crippen molar-refractivity contribution in [1.29, 1.82) is 0 Å². The second-order valence-corrected chi connectivity index (χ2v) is 7.16. The first kappa shape index (κ1) is 22.8. The summed E-state index contributed by atoms with van der Waals surface area (Å²) in [5.74, 6) is -0.924. The van der Waals surface area contributed by atoms with E-state index in [1.54, 1.807) is 12.4 Å². The Labute approximate surface area is 174 Å². The fourth-order valence-electron chi connectivity index (χ4n) is 3.22. The summed E-state index contributed by atoms with van der Waals surface area (Å²) < 4.78 is 84.1. The molecule has 1 aliphatic rings. The van der Waals surface area contributed by atoms with E-state index in [9.17, 15) is 31.1 Å². The largest absolute Gasteiger partial charge is 0.458 e. The van der Waals surface area contributed by atoms with Gasteiger partial charge in [0.25, 0.3) is 5.91 Å². The van der Waals surface area contributed by atoms with E-state index in [0.717, 1.165) is 12.0 Å². The average Bonchev–Trinajstić information content (AvgIpc) is 2.72. The third kappa shape index (κ3) is 5.65. The van der Waals surface area contributed by atoms with E-state index in [1.165, 1.54) is 4.90 Å². The molecule has 1 atom stereocenters. The van der Waals surface area contributed by atoms with Crippen molar-refractivity contribution < 1.29 is 35.9 Å². The summed E-state index contributed by atoms with van der Waals surface area (Å²) in [7, 11) is 0. The molecule has 5 nitrogen and oxygen atoms in total. The zero-order chi connectivity index (χ0) is 22.8. The zero-order valence-electron chi connectivity index (χ0n) is 16.4. The van der Waals surface area contributed by atoms with Gasteiger partial charge in [-0.05, 0) is 43.0 Å². The van der Waals surface area contributed by atoms with Gasteiger partial charge in [0, 0.05) is 24.5 Å². The highest BCUT2D eigenvalue weighted by Gasteiger charge is 2.38. The molecular weight excluding hydrogens is 428 g/mol. The number of aromatic nitrogens is 2. The van der Waals surface area contributed by atoms with E-state index in [-0.39, 0.29) is 25.2 Å². The molecule has 11 heteroatoms. The first-order valence-electron chi connectivity index (χ1n) is 9.53. The van der Waals surface area contributed by atoms with E-state index in [4.69, 9.17) is 4.74 Å². The molecule has 168 valence electrons. The van der Waals surface area contributed by atoms with Crippen LogP contribution in [0.1, 0.15) is 46.8 Å². The molecule has 0 aliphatic carbocycles. The van der Waals surface area contributed by atoms with E-state index < -0.39 is 41.1 Å². The SMILES string of the molecule is CCc1cnc(OC2CCCN(C(=O)c3cc(C(F)(F)F)cc(C(F)(F)F)c3)C2)nc1. The molecule has 1 amide bonds. The lowest BCUT2D eigenvalue weighted by molar-refractivity contribution is -0.143. The van der Waals surface area contributed by atoms with Crippen molar-refractivity contribution in [2.75, 3.05) is 13.1 Å². The smallest absolute Gasteiger partial charge is 0.416 e. The Morgan fingerprint density at radius 2 is 1.65 bits per heavy atom. The number of carbonyl (C=O) groups excluding carboxylic acids is 1.